The smallest absolute Gasteiger partial charge is 0.334 e. The molecule has 13 heteroatoms. The van der Waals surface area contributed by atoms with Gasteiger partial charge in [0.1, 0.15) is 11.5 Å². The van der Waals surface area contributed by atoms with Crippen LogP contribution in [0.3, 0.4) is 0 Å². The Labute approximate surface area is 403 Å². The van der Waals surface area contributed by atoms with Crippen LogP contribution in [0.15, 0.2) is 138 Å². The average molecular weight is 941 g/mol. The molecule has 5 aromatic carbocycles. The number of amides is 4. The van der Waals surface area contributed by atoms with Crippen molar-refractivity contribution >= 4 is 22.1 Å². The van der Waals surface area contributed by atoms with Crippen molar-refractivity contribution in [3.05, 3.63) is 161 Å². The molecule has 360 valence electrons. The van der Waals surface area contributed by atoms with E-state index in [1.807, 2.05) is 66.4 Å². The van der Waals surface area contributed by atoms with E-state index >= 15 is 0 Å². The highest BCUT2D eigenvalue weighted by molar-refractivity contribution is 7.89. The second-order valence-corrected chi connectivity index (χ2v) is 21.6. The van der Waals surface area contributed by atoms with Gasteiger partial charge in [-0.1, -0.05) is 103 Å². The van der Waals surface area contributed by atoms with Gasteiger partial charge in [0.25, 0.3) is 10.0 Å². The Morgan fingerprint density at radius 1 is 0.559 bits per heavy atom. The molecule has 2 aliphatic heterocycles. The molecule has 0 radical (unpaired) electrons. The fourth-order valence-corrected chi connectivity index (χ4v) is 13.1. The molecule has 68 heavy (non-hydrogen) atoms. The van der Waals surface area contributed by atoms with E-state index in [9.17, 15) is 18.0 Å². The Hall–Kier alpha value is -5.89. The van der Waals surface area contributed by atoms with Gasteiger partial charge in [-0.3, -0.25) is 9.80 Å². The molecule has 0 aromatic heterocycles. The third kappa shape index (κ3) is 9.45. The molecule has 2 aliphatic carbocycles. The number of carbonyl (C=O) groups is 2. The molecule has 4 fully saturated rings. The van der Waals surface area contributed by atoms with E-state index in [1.54, 1.807) is 43.4 Å². The summed E-state index contributed by atoms with van der Waals surface area (Å²) in [5.74, 6) is 1.57. The van der Waals surface area contributed by atoms with Gasteiger partial charge in [-0.2, -0.15) is 0 Å². The number of hydrogen-bond donors (Lipinski definition) is 1. The molecule has 9 rings (SSSR count). The molecule has 4 amide bonds. The summed E-state index contributed by atoms with van der Waals surface area (Å²) in [6, 6.07) is 43.1. The summed E-state index contributed by atoms with van der Waals surface area (Å²) in [6.45, 7) is 4.02. The van der Waals surface area contributed by atoms with E-state index in [4.69, 9.17) is 9.47 Å². The highest BCUT2D eigenvalue weighted by Gasteiger charge is 2.59. The molecule has 0 unspecified atom stereocenters. The summed E-state index contributed by atoms with van der Waals surface area (Å²) in [7, 11) is 7.74. The van der Waals surface area contributed by atoms with Crippen molar-refractivity contribution in [2.45, 2.75) is 98.4 Å². The van der Waals surface area contributed by atoms with E-state index < -0.39 is 21.6 Å². The number of nitrogens with one attached hydrogen (secondary N) is 1. The zero-order valence-corrected chi connectivity index (χ0v) is 41.6. The van der Waals surface area contributed by atoms with Crippen LogP contribution in [0.4, 0.5) is 9.59 Å². The summed E-state index contributed by atoms with van der Waals surface area (Å²) in [5.41, 5.74) is 4.50. The first-order valence-corrected chi connectivity index (χ1v) is 25.2. The van der Waals surface area contributed by atoms with Crippen LogP contribution in [-0.4, -0.2) is 111 Å². The van der Waals surface area contributed by atoms with E-state index in [0.717, 1.165) is 73.3 Å². The highest BCUT2D eigenvalue weighted by Crippen LogP contribution is 2.51. The number of hydrogen-bond acceptors (Lipinski definition) is 8. The minimum atomic E-state index is -4.06. The topological polar surface area (TPSA) is 115 Å². The van der Waals surface area contributed by atoms with Gasteiger partial charge in [-0.15, -0.1) is 0 Å². The maximum Gasteiger partial charge on any atom is 0.334 e. The number of carbonyl (C=O) groups excluding carboxylic acids is 2. The van der Waals surface area contributed by atoms with E-state index in [-0.39, 0.29) is 27.5 Å². The fraction of sp³-hybridized carbons (Fsp3) is 0.418. The normalized spacial score (nSPS) is 24.9. The van der Waals surface area contributed by atoms with Gasteiger partial charge in [0.05, 0.1) is 30.2 Å². The second kappa shape index (κ2) is 19.6. The Morgan fingerprint density at radius 3 is 1.44 bits per heavy atom. The molecule has 0 bridgehead atoms. The van der Waals surface area contributed by atoms with Crippen LogP contribution in [0.25, 0.3) is 0 Å². The summed E-state index contributed by atoms with van der Waals surface area (Å²) in [6.07, 6.45) is 6.71. The van der Waals surface area contributed by atoms with Crippen molar-refractivity contribution in [2.75, 3.05) is 55.5 Å². The van der Waals surface area contributed by atoms with Crippen molar-refractivity contribution in [2.24, 2.45) is 0 Å². The standard InChI is InChI=1S/C31H37N3O4S.C24H31N3O2/c1-24-10-16-28(17-11-24)39(36,37)34-29(35)33(22-25-12-14-27(38-4)15-13-25)23-30(34)18-20-31(21-19-30,32(2)3)26-8-6-5-7-9-26;1-26(2)24(20-7-5-4-6-8-20)15-13-23(14-16-24)18-27(22(28)25-23)17-19-9-11-21(29-3)12-10-19/h5-17H,18-23H2,1-4H3;4-12H,13-18H2,1-3H3,(H,25,28). The molecular formula is C55H68N6O6S. The highest BCUT2D eigenvalue weighted by atomic mass is 32.2. The van der Waals surface area contributed by atoms with Crippen LogP contribution in [-0.2, 0) is 34.2 Å². The first kappa shape index (κ1) is 48.6. The number of nitrogens with zero attached hydrogens (tertiary/aromatic N) is 5. The molecular weight excluding hydrogens is 873 g/mol. The van der Waals surface area contributed by atoms with Crippen LogP contribution in [0, 0.1) is 6.92 Å². The third-order valence-corrected chi connectivity index (χ3v) is 17.4. The lowest BCUT2D eigenvalue weighted by Gasteiger charge is -2.50. The van der Waals surface area contributed by atoms with Crippen molar-refractivity contribution in [1.82, 2.24) is 29.2 Å². The SMILES string of the molecule is COc1ccc(CN2CC3(CCC(c4ccccc4)(N(C)C)CC3)N(S(=O)(=O)c3ccc(C)cc3)C2=O)cc1.COc1ccc(CN2CC3(CCC(c4ccccc4)(N(C)C)CC3)NC2=O)cc1. The molecule has 2 heterocycles. The lowest BCUT2D eigenvalue weighted by molar-refractivity contribution is 0.0447. The zero-order chi connectivity index (χ0) is 48.3. The molecule has 2 spiro atoms. The van der Waals surface area contributed by atoms with Crippen molar-refractivity contribution in [3.8, 4) is 11.5 Å². The molecule has 0 atom stereocenters. The maximum absolute atomic E-state index is 14.1. The summed E-state index contributed by atoms with van der Waals surface area (Å²) in [4.78, 5) is 35.1. The average Bonchev–Trinajstić information content (AvgIpc) is 3.80. The lowest BCUT2D eigenvalue weighted by atomic mass is 9.69. The number of aryl methyl sites for hydroxylation is 1. The lowest BCUT2D eigenvalue weighted by Crippen LogP contribution is -2.56. The predicted octanol–water partition coefficient (Wildman–Crippen LogP) is 9.39. The van der Waals surface area contributed by atoms with Gasteiger partial charge in [-0.25, -0.2) is 22.3 Å². The number of urea groups is 2. The van der Waals surface area contributed by atoms with Gasteiger partial charge in [-0.05, 0) is 145 Å². The van der Waals surface area contributed by atoms with Crippen LogP contribution >= 0.6 is 0 Å². The number of sulfonamides is 1. The van der Waals surface area contributed by atoms with Gasteiger partial charge >= 0.3 is 12.1 Å². The van der Waals surface area contributed by atoms with Crippen LogP contribution < -0.4 is 14.8 Å². The predicted molar refractivity (Wildman–Crippen MR) is 267 cm³/mol. The van der Waals surface area contributed by atoms with Gasteiger partial charge < -0.3 is 24.6 Å². The minimum Gasteiger partial charge on any atom is -0.497 e. The van der Waals surface area contributed by atoms with Crippen LogP contribution in [0.1, 0.15) is 79.2 Å². The van der Waals surface area contributed by atoms with E-state index in [0.29, 0.717) is 32.5 Å². The van der Waals surface area contributed by atoms with Gasteiger partial charge in [0.2, 0.25) is 0 Å². The summed E-state index contributed by atoms with van der Waals surface area (Å²) < 4.78 is 40.0. The van der Waals surface area contributed by atoms with Crippen LogP contribution in [0.5, 0.6) is 11.5 Å². The van der Waals surface area contributed by atoms with Gasteiger partial charge in [0.15, 0.2) is 0 Å². The molecule has 2 saturated heterocycles. The Balaban J connectivity index is 0.000000192. The number of benzene rings is 5. The number of ether oxygens (including phenoxy) is 2. The second-order valence-electron chi connectivity index (χ2n) is 19.8. The quantitative estimate of drug-likeness (QED) is 0.132. The largest absolute Gasteiger partial charge is 0.497 e. The van der Waals surface area contributed by atoms with E-state index in [2.05, 4.69) is 97.9 Å². The molecule has 1 N–H and O–H groups in total. The monoisotopic (exact) mass is 940 g/mol. The molecule has 2 saturated carbocycles. The first-order chi connectivity index (χ1) is 32.6. The van der Waals surface area contributed by atoms with Crippen LogP contribution in [0.2, 0.25) is 0 Å². The van der Waals surface area contributed by atoms with Crippen molar-refractivity contribution in [3.63, 3.8) is 0 Å². The Bertz CT molecular complexity index is 2610. The maximum atomic E-state index is 14.1. The first-order valence-electron chi connectivity index (χ1n) is 23.8. The Morgan fingerprint density at radius 2 is 1.00 bits per heavy atom. The van der Waals surface area contributed by atoms with Gasteiger partial charge in [0, 0.05) is 37.3 Å². The molecule has 12 nitrogen and oxygen atoms in total. The van der Waals surface area contributed by atoms with Crippen molar-refractivity contribution < 1.29 is 27.5 Å². The van der Waals surface area contributed by atoms with E-state index in [1.165, 1.54) is 15.4 Å². The zero-order valence-electron chi connectivity index (χ0n) is 40.8. The fourth-order valence-electron chi connectivity index (χ4n) is 11.3. The van der Waals surface area contributed by atoms with Crippen molar-refractivity contribution in [1.29, 1.82) is 0 Å². The Kier molecular flexibility index (Phi) is 14.0. The summed E-state index contributed by atoms with van der Waals surface area (Å²) >= 11 is 0. The third-order valence-electron chi connectivity index (χ3n) is 15.5. The number of rotatable bonds is 12. The molecule has 4 aliphatic rings. The minimum absolute atomic E-state index is 0.0423. The molecule has 5 aromatic rings. The summed E-state index contributed by atoms with van der Waals surface area (Å²) in [5, 5.41) is 3.33. The number of methoxy groups -OCH3 is 2.